The van der Waals surface area contributed by atoms with Crippen LogP contribution in [-0.4, -0.2) is 27.1 Å². The average Bonchev–Trinajstić information content (AvgIpc) is 2.47. The van der Waals surface area contributed by atoms with Crippen LogP contribution in [0, 0.1) is 10.5 Å². The van der Waals surface area contributed by atoms with E-state index in [1.54, 1.807) is 30.3 Å². The molecule has 128 valence electrons. The van der Waals surface area contributed by atoms with Gasteiger partial charge in [0.25, 0.3) is 0 Å². The molecule has 0 fully saturated rings. The van der Waals surface area contributed by atoms with Gasteiger partial charge in [-0.2, -0.15) is 0 Å². The molecule has 0 unspecified atom stereocenters. The Morgan fingerprint density at radius 1 is 1.25 bits per heavy atom. The van der Waals surface area contributed by atoms with Gasteiger partial charge in [-0.1, -0.05) is 12.1 Å². The van der Waals surface area contributed by atoms with Crippen molar-refractivity contribution in [1.29, 1.82) is 0 Å². The molecular formula is C16H16BrIN2O3S. The number of anilines is 2. The highest BCUT2D eigenvalue weighted by Gasteiger charge is 2.22. The van der Waals surface area contributed by atoms with Crippen molar-refractivity contribution in [2.24, 2.45) is 0 Å². The zero-order chi connectivity index (χ0) is 17.9. The fourth-order valence-corrected chi connectivity index (χ4v) is 4.25. The Bertz CT molecular complexity index is 871. The highest BCUT2D eigenvalue weighted by molar-refractivity contribution is 14.1. The third-order valence-electron chi connectivity index (χ3n) is 3.27. The molecular weight excluding hydrogens is 507 g/mol. The van der Waals surface area contributed by atoms with Gasteiger partial charge in [0.2, 0.25) is 15.9 Å². The Morgan fingerprint density at radius 3 is 2.50 bits per heavy atom. The number of aryl methyl sites for hydroxylation is 1. The number of carbonyl (C=O) groups is 1. The molecule has 0 heterocycles. The van der Waals surface area contributed by atoms with Crippen molar-refractivity contribution >= 4 is 65.8 Å². The van der Waals surface area contributed by atoms with Gasteiger partial charge >= 0.3 is 0 Å². The van der Waals surface area contributed by atoms with E-state index in [4.69, 9.17) is 0 Å². The van der Waals surface area contributed by atoms with Gasteiger partial charge in [-0.15, -0.1) is 0 Å². The first kappa shape index (κ1) is 19.2. The van der Waals surface area contributed by atoms with Gasteiger partial charge in [-0.3, -0.25) is 9.10 Å². The fraction of sp³-hybridized carbons (Fsp3) is 0.188. The number of rotatable bonds is 5. The molecule has 1 N–H and O–H groups in total. The molecule has 0 aliphatic rings. The summed E-state index contributed by atoms with van der Waals surface area (Å²) >= 11 is 5.52. The molecule has 0 saturated carbocycles. The molecule has 0 radical (unpaired) electrons. The number of hydrogen-bond donors (Lipinski definition) is 1. The van der Waals surface area contributed by atoms with Crippen molar-refractivity contribution in [3.05, 3.63) is 56.1 Å². The van der Waals surface area contributed by atoms with E-state index in [0.29, 0.717) is 15.8 Å². The molecule has 0 aromatic heterocycles. The topological polar surface area (TPSA) is 66.5 Å². The zero-order valence-corrected chi connectivity index (χ0v) is 17.6. The van der Waals surface area contributed by atoms with E-state index in [2.05, 4.69) is 43.8 Å². The number of halogens is 2. The lowest BCUT2D eigenvalue weighted by molar-refractivity contribution is -0.114. The average molecular weight is 523 g/mol. The molecule has 2 aromatic rings. The van der Waals surface area contributed by atoms with Crippen LogP contribution in [0.15, 0.2) is 46.9 Å². The maximum absolute atomic E-state index is 12.4. The molecule has 24 heavy (non-hydrogen) atoms. The van der Waals surface area contributed by atoms with Gasteiger partial charge in [-0.25, -0.2) is 8.42 Å². The van der Waals surface area contributed by atoms with E-state index in [1.165, 1.54) is 0 Å². The van der Waals surface area contributed by atoms with Crippen molar-refractivity contribution in [2.75, 3.05) is 22.4 Å². The summed E-state index contributed by atoms with van der Waals surface area (Å²) in [5, 5.41) is 2.77. The third kappa shape index (κ3) is 4.93. The van der Waals surface area contributed by atoms with E-state index in [-0.39, 0.29) is 6.54 Å². The number of nitrogens with one attached hydrogen (secondary N) is 1. The Kier molecular flexibility index (Phi) is 6.27. The minimum absolute atomic E-state index is 0.299. The van der Waals surface area contributed by atoms with Crippen LogP contribution in [0.25, 0.3) is 0 Å². The second-order valence-electron chi connectivity index (χ2n) is 5.23. The van der Waals surface area contributed by atoms with Crippen LogP contribution in [0.5, 0.6) is 0 Å². The molecule has 5 nitrogen and oxygen atoms in total. The molecule has 0 spiro atoms. The third-order valence-corrected chi connectivity index (χ3v) is 5.74. The van der Waals surface area contributed by atoms with Gasteiger partial charge in [0.05, 0.1) is 11.9 Å². The first-order chi connectivity index (χ1) is 11.2. The molecule has 0 aliphatic carbocycles. The van der Waals surface area contributed by atoms with Crippen molar-refractivity contribution in [3.63, 3.8) is 0 Å². The summed E-state index contributed by atoms with van der Waals surface area (Å²) in [7, 11) is -3.60. The van der Waals surface area contributed by atoms with Gasteiger partial charge < -0.3 is 5.32 Å². The first-order valence-corrected chi connectivity index (χ1v) is 10.7. The maximum atomic E-state index is 12.4. The number of carbonyl (C=O) groups excluding carboxylic acids is 1. The van der Waals surface area contributed by atoms with Crippen LogP contribution in [0.2, 0.25) is 0 Å². The summed E-state index contributed by atoms with van der Waals surface area (Å²) < 4.78 is 27.0. The molecule has 2 rings (SSSR count). The number of benzene rings is 2. The van der Waals surface area contributed by atoms with E-state index >= 15 is 0 Å². The zero-order valence-electron chi connectivity index (χ0n) is 13.1. The SMILES string of the molecule is Cc1cc(I)ccc1NC(=O)CN(c1ccccc1Br)S(C)(=O)=O. The summed E-state index contributed by atoms with van der Waals surface area (Å²) in [5.41, 5.74) is 2.01. The lowest BCUT2D eigenvalue weighted by Gasteiger charge is -2.23. The molecule has 0 saturated heterocycles. The molecule has 8 heteroatoms. The van der Waals surface area contributed by atoms with Crippen molar-refractivity contribution in [2.45, 2.75) is 6.92 Å². The molecule has 0 bridgehead atoms. The molecule has 0 aliphatic heterocycles. The van der Waals surface area contributed by atoms with E-state index < -0.39 is 15.9 Å². The highest BCUT2D eigenvalue weighted by Crippen LogP contribution is 2.27. The normalized spacial score (nSPS) is 11.2. The van der Waals surface area contributed by atoms with Gasteiger partial charge in [-0.05, 0) is 81.3 Å². The number of para-hydroxylation sites is 1. The fourth-order valence-electron chi connectivity index (χ4n) is 2.12. The predicted octanol–water partition coefficient (Wildman–Crippen LogP) is 3.77. The lowest BCUT2D eigenvalue weighted by atomic mass is 10.2. The number of amides is 1. The van der Waals surface area contributed by atoms with Crippen LogP contribution in [-0.2, 0) is 14.8 Å². The van der Waals surface area contributed by atoms with Crippen LogP contribution in [0.4, 0.5) is 11.4 Å². The smallest absolute Gasteiger partial charge is 0.245 e. The van der Waals surface area contributed by atoms with Crippen molar-refractivity contribution in [3.8, 4) is 0 Å². The summed E-state index contributed by atoms with van der Waals surface area (Å²) in [4.78, 5) is 12.4. The monoisotopic (exact) mass is 522 g/mol. The summed E-state index contributed by atoms with van der Waals surface area (Å²) in [5.74, 6) is -0.402. The number of hydrogen-bond acceptors (Lipinski definition) is 3. The highest BCUT2D eigenvalue weighted by atomic mass is 127. The molecule has 1 amide bonds. The second-order valence-corrected chi connectivity index (χ2v) is 9.24. The van der Waals surface area contributed by atoms with E-state index in [1.807, 2.05) is 19.1 Å². The van der Waals surface area contributed by atoms with Crippen LogP contribution in [0.3, 0.4) is 0 Å². The van der Waals surface area contributed by atoms with Crippen molar-refractivity contribution in [1.82, 2.24) is 0 Å². The first-order valence-electron chi connectivity index (χ1n) is 6.97. The predicted molar refractivity (Wildman–Crippen MR) is 109 cm³/mol. The van der Waals surface area contributed by atoms with Crippen LogP contribution >= 0.6 is 38.5 Å². The maximum Gasteiger partial charge on any atom is 0.245 e. The van der Waals surface area contributed by atoms with Gasteiger partial charge in [0.1, 0.15) is 6.54 Å². The summed E-state index contributed by atoms with van der Waals surface area (Å²) in [6, 6.07) is 12.5. The number of sulfonamides is 1. The Labute approximate surface area is 163 Å². The number of nitrogens with zero attached hydrogens (tertiary/aromatic N) is 1. The Morgan fingerprint density at radius 2 is 1.92 bits per heavy atom. The van der Waals surface area contributed by atoms with Gasteiger partial charge in [0, 0.05) is 13.7 Å². The second kappa shape index (κ2) is 7.83. The lowest BCUT2D eigenvalue weighted by Crippen LogP contribution is -2.37. The largest absolute Gasteiger partial charge is 0.324 e. The van der Waals surface area contributed by atoms with Crippen molar-refractivity contribution < 1.29 is 13.2 Å². The minimum atomic E-state index is -3.60. The summed E-state index contributed by atoms with van der Waals surface area (Å²) in [6.45, 7) is 1.59. The van der Waals surface area contributed by atoms with E-state index in [0.717, 1.165) is 19.7 Å². The molecule has 2 aromatic carbocycles. The Balaban J connectivity index is 2.24. The van der Waals surface area contributed by atoms with Crippen LogP contribution in [0.1, 0.15) is 5.56 Å². The summed E-state index contributed by atoms with van der Waals surface area (Å²) in [6.07, 6.45) is 1.08. The van der Waals surface area contributed by atoms with E-state index in [9.17, 15) is 13.2 Å². The quantitative estimate of drug-likeness (QED) is 0.608. The standard InChI is InChI=1S/C16H16BrIN2O3S/c1-11-9-12(18)7-8-14(11)19-16(21)10-20(24(2,22)23)15-6-4-3-5-13(15)17/h3-9H,10H2,1-2H3,(H,19,21). The minimum Gasteiger partial charge on any atom is -0.324 e. The Hall–Kier alpha value is -1.13. The molecule has 0 atom stereocenters. The van der Waals surface area contributed by atoms with Gasteiger partial charge in [0.15, 0.2) is 0 Å². The van der Waals surface area contributed by atoms with Crippen LogP contribution < -0.4 is 9.62 Å².